The van der Waals surface area contributed by atoms with Gasteiger partial charge < -0.3 is 14.4 Å². The molecule has 1 atom stereocenters. The van der Waals surface area contributed by atoms with E-state index in [-0.39, 0.29) is 5.91 Å². The Balaban J connectivity index is 1.38. The summed E-state index contributed by atoms with van der Waals surface area (Å²) in [5.41, 5.74) is 0.698. The molecule has 0 saturated carbocycles. The fraction of sp³-hybridized carbons (Fsp3) is 0.526. The molecule has 4 heterocycles. The third kappa shape index (κ3) is 4.03. The van der Waals surface area contributed by atoms with Gasteiger partial charge in [0.05, 0.1) is 11.9 Å². The van der Waals surface area contributed by atoms with E-state index in [1.807, 2.05) is 41.3 Å². The van der Waals surface area contributed by atoms with Gasteiger partial charge >= 0.3 is 0 Å². The molecule has 0 aliphatic carbocycles. The highest BCUT2D eigenvalue weighted by atomic mass is 32.2. The van der Waals surface area contributed by atoms with Gasteiger partial charge in [-0.1, -0.05) is 0 Å². The Hall–Kier alpha value is -2.02. The SMILES string of the molecule is O=C(c1ccc(N2CCSCC2)nc1)N1CCC[C@H](Cn2ccnc2)C1. The molecule has 2 aliphatic heterocycles. The first kappa shape index (κ1) is 17.4. The van der Waals surface area contributed by atoms with Crippen molar-refractivity contribution < 1.29 is 4.79 Å². The zero-order chi connectivity index (χ0) is 17.8. The summed E-state index contributed by atoms with van der Waals surface area (Å²) in [6, 6.07) is 3.93. The van der Waals surface area contributed by atoms with E-state index >= 15 is 0 Å². The molecule has 2 aromatic heterocycles. The van der Waals surface area contributed by atoms with Crippen molar-refractivity contribution in [2.24, 2.45) is 5.92 Å². The molecule has 7 heteroatoms. The highest BCUT2D eigenvalue weighted by molar-refractivity contribution is 7.99. The van der Waals surface area contributed by atoms with E-state index in [4.69, 9.17) is 0 Å². The second-order valence-electron chi connectivity index (χ2n) is 7.02. The van der Waals surface area contributed by atoms with E-state index in [0.29, 0.717) is 11.5 Å². The van der Waals surface area contributed by atoms with Gasteiger partial charge in [0, 0.05) is 62.8 Å². The fourth-order valence-corrected chi connectivity index (χ4v) is 4.67. The third-order valence-corrected chi connectivity index (χ3v) is 6.11. The normalized spacial score (nSPS) is 21.0. The number of carbonyl (C=O) groups is 1. The smallest absolute Gasteiger partial charge is 0.255 e. The second kappa shape index (κ2) is 8.12. The molecule has 4 rings (SSSR count). The van der Waals surface area contributed by atoms with Crippen molar-refractivity contribution in [3.63, 3.8) is 0 Å². The first-order valence-electron chi connectivity index (χ1n) is 9.33. The predicted octanol–water partition coefficient (Wildman–Crippen LogP) is 2.38. The summed E-state index contributed by atoms with van der Waals surface area (Å²) in [6.07, 6.45) is 9.61. The van der Waals surface area contributed by atoms with Crippen LogP contribution in [0.5, 0.6) is 0 Å². The lowest BCUT2D eigenvalue weighted by Gasteiger charge is -2.33. The van der Waals surface area contributed by atoms with E-state index in [1.165, 1.54) is 0 Å². The number of pyridine rings is 1. The number of likely N-dealkylation sites (tertiary alicyclic amines) is 1. The Morgan fingerprint density at radius 3 is 2.85 bits per heavy atom. The number of imidazole rings is 1. The first-order chi connectivity index (χ1) is 12.8. The van der Waals surface area contributed by atoms with Gasteiger partial charge in [0.1, 0.15) is 5.82 Å². The Morgan fingerprint density at radius 1 is 1.23 bits per heavy atom. The predicted molar refractivity (Wildman–Crippen MR) is 105 cm³/mol. The molecule has 0 bridgehead atoms. The topological polar surface area (TPSA) is 54.3 Å². The molecule has 0 aromatic carbocycles. The first-order valence-corrected chi connectivity index (χ1v) is 10.5. The van der Waals surface area contributed by atoms with E-state index in [9.17, 15) is 4.79 Å². The van der Waals surface area contributed by atoms with Crippen LogP contribution in [0, 0.1) is 5.92 Å². The van der Waals surface area contributed by atoms with E-state index < -0.39 is 0 Å². The molecule has 0 radical (unpaired) electrons. The van der Waals surface area contributed by atoms with Crippen LogP contribution in [-0.4, -0.2) is 63.0 Å². The summed E-state index contributed by atoms with van der Waals surface area (Å²) < 4.78 is 2.10. The van der Waals surface area contributed by atoms with Crippen LogP contribution >= 0.6 is 11.8 Å². The number of nitrogens with zero attached hydrogens (tertiary/aromatic N) is 5. The van der Waals surface area contributed by atoms with Crippen LogP contribution in [0.25, 0.3) is 0 Å². The molecule has 2 saturated heterocycles. The lowest BCUT2D eigenvalue weighted by Crippen LogP contribution is -2.41. The molecule has 26 heavy (non-hydrogen) atoms. The van der Waals surface area contributed by atoms with E-state index in [1.54, 1.807) is 12.4 Å². The Labute approximate surface area is 158 Å². The molecular weight excluding hydrogens is 346 g/mol. The number of hydrogen-bond donors (Lipinski definition) is 0. The van der Waals surface area contributed by atoms with Gasteiger partial charge in [-0.3, -0.25) is 4.79 Å². The highest BCUT2D eigenvalue weighted by Crippen LogP contribution is 2.21. The largest absolute Gasteiger partial charge is 0.355 e. The van der Waals surface area contributed by atoms with E-state index in [0.717, 1.165) is 62.9 Å². The van der Waals surface area contributed by atoms with Gasteiger partial charge in [-0.15, -0.1) is 0 Å². The Morgan fingerprint density at radius 2 is 2.12 bits per heavy atom. The fourth-order valence-electron chi connectivity index (χ4n) is 3.77. The van der Waals surface area contributed by atoms with Crippen molar-refractivity contribution in [3.8, 4) is 0 Å². The zero-order valence-corrected chi connectivity index (χ0v) is 15.8. The van der Waals surface area contributed by atoms with Crippen LogP contribution in [0.15, 0.2) is 37.1 Å². The lowest BCUT2D eigenvalue weighted by atomic mass is 9.97. The minimum absolute atomic E-state index is 0.105. The maximum atomic E-state index is 12.9. The van der Waals surface area contributed by atoms with Crippen LogP contribution in [-0.2, 0) is 6.54 Å². The maximum Gasteiger partial charge on any atom is 0.255 e. The van der Waals surface area contributed by atoms with Gasteiger partial charge in [-0.05, 0) is 30.9 Å². The molecule has 0 spiro atoms. The number of thioether (sulfide) groups is 1. The molecule has 0 unspecified atom stereocenters. The van der Waals surface area contributed by atoms with Crippen molar-refractivity contribution in [1.82, 2.24) is 19.4 Å². The van der Waals surface area contributed by atoms with Gasteiger partial charge in [0.2, 0.25) is 0 Å². The number of rotatable bonds is 4. The summed E-state index contributed by atoms with van der Waals surface area (Å²) >= 11 is 1.99. The van der Waals surface area contributed by atoms with Crippen molar-refractivity contribution in [2.75, 3.05) is 42.6 Å². The number of piperidine rings is 1. The molecule has 6 nitrogen and oxygen atoms in total. The monoisotopic (exact) mass is 371 g/mol. The number of amides is 1. The number of anilines is 1. The van der Waals surface area contributed by atoms with Gasteiger partial charge in [-0.2, -0.15) is 11.8 Å². The quantitative estimate of drug-likeness (QED) is 0.826. The Bertz CT molecular complexity index is 712. The summed E-state index contributed by atoms with van der Waals surface area (Å²) in [4.78, 5) is 25.8. The van der Waals surface area contributed by atoms with Crippen molar-refractivity contribution in [3.05, 3.63) is 42.6 Å². The van der Waals surface area contributed by atoms with Crippen molar-refractivity contribution in [1.29, 1.82) is 0 Å². The van der Waals surface area contributed by atoms with Crippen LogP contribution in [0.4, 0.5) is 5.82 Å². The summed E-state index contributed by atoms with van der Waals surface area (Å²) in [7, 11) is 0. The van der Waals surface area contributed by atoms with E-state index in [2.05, 4.69) is 19.4 Å². The summed E-state index contributed by atoms with van der Waals surface area (Å²) in [5.74, 6) is 3.87. The molecule has 138 valence electrons. The zero-order valence-electron chi connectivity index (χ0n) is 15.0. The van der Waals surface area contributed by atoms with Crippen LogP contribution in [0.1, 0.15) is 23.2 Å². The lowest BCUT2D eigenvalue weighted by molar-refractivity contribution is 0.0662. The minimum Gasteiger partial charge on any atom is -0.355 e. The summed E-state index contributed by atoms with van der Waals surface area (Å²) in [5, 5.41) is 0. The van der Waals surface area contributed by atoms with Crippen LogP contribution in [0.2, 0.25) is 0 Å². The van der Waals surface area contributed by atoms with Gasteiger partial charge in [0.15, 0.2) is 0 Å². The molecule has 1 amide bonds. The molecule has 2 aromatic rings. The van der Waals surface area contributed by atoms with Crippen molar-refractivity contribution >= 4 is 23.5 Å². The highest BCUT2D eigenvalue weighted by Gasteiger charge is 2.25. The third-order valence-electron chi connectivity index (χ3n) is 5.16. The Kier molecular flexibility index (Phi) is 5.43. The van der Waals surface area contributed by atoms with Gasteiger partial charge in [0.25, 0.3) is 5.91 Å². The second-order valence-corrected chi connectivity index (χ2v) is 8.25. The summed E-state index contributed by atoms with van der Waals surface area (Å²) in [6.45, 7) is 4.64. The molecule has 2 aliphatic rings. The van der Waals surface area contributed by atoms with Crippen LogP contribution in [0.3, 0.4) is 0 Å². The minimum atomic E-state index is 0.105. The molecular formula is C19H25N5OS. The maximum absolute atomic E-state index is 12.9. The molecule has 2 fully saturated rings. The van der Waals surface area contributed by atoms with Gasteiger partial charge in [-0.25, -0.2) is 9.97 Å². The molecule has 0 N–H and O–H groups in total. The average Bonchev–Trinajstić information content (AvgIpc) is 3.21. The number of carbonyl (C=O) groups excluding carboxylic acids is 1. The average molecular weight is 372 g/mol. The number of hydrogen-bond acceptors (Lipinski definition) is 5. The van der Waals surface area contributed by atoms with Crippen LogP contribution < -0.4 is 4.90 Å². The van der Waals surface area contributed by atoms with Crippen molar-refractivity contribution in [2.45, 2.75) is 19.4 Å². The standard InChI is InChI=1S/C19H25N5OS/c25-19(17-3-4-18(21-12-17)23-8-10-26-11-9-23)24-6-1-2-16(14-24)13-22-7-5-20-15-22/h3-5,7,12,15-16H,1-2,6,8-11,13-14H2/t16-/m1/s1. The number of aromatic nitrogens is 3.